The molecule has 1 aliphatic heterocycles. The molecule has 0 bridgehead atoms. The summed E-state index contributed by atoms with van der Waals surface area (Å²) in [6, 6.07) is 0. The predicted molar refractivity (Wildman–Crippen MR) is 71.6 cm³/mol. The van der Waals surface area contributed by atoms with E-state index in [0.29, 0.717) is 19.0 Å². The molecule has 0 amide bonds. The second kappa shape index (κ2) is 6.83. The van der Waals surface area contributed by atoms with Gasteiger partial charge in [-0.05, 0) is 18.8 Å². The van der Waals surface area contributed by atoms with Crippen LogP contribution in [-0.4, -0.2) is 50.3 Å². The minimum atomic E-state index is -3.51. The van der Waals surface area contributed by atoms with E-state index in [9.17, 15) is 13.2 Å². The lowest BCUT2D eigenvalue weighted by Gasteiger charge is -2.30. The van der Waals surface area contributed by atoms with Gasteiger partial charge in [-0.1, -0.05) is 22.9 Å². The normalized spacial score (nSPS) is 23.6. The summed E-state index contributed by atoms with van der Waals surface area (Å²) in [5, 5.41) is 0. The van der Waals surface area contributed by atoms with Crippen molar-refractivity contribution in [3.8, 4) is 0 Å². The third-order valence-corrected chi connectivity index (χ3v) is 5.10. The molecule has 1 heterocycles. The Bertz CT molecular complexity index is 387. The van der Waals surface area contributed by atoms with Crippen molar-refractivity contribution in [3.63, 3.8) is 0 Å². The first-order valence-corrected chi connectivity index (χ1v) is 8.19. The summed E-state index contributed by atoms with van der Waals surface area (Å²) in [6.07, 6.45) is 1.92. The molecule has 0 aliphatic carbocycles. The van der Waals surface area contributed by atoms with Crippen LogP contribution in [0.5, 0.6) is 0 Å². The summed E-state index contributed by atoms with van der Waals surface area (Å²) < 4.78 is 32.3. The number of alkyl halides is 1. The third kappa shape index (κ3) is 4.49. The fourth-order valence-corrected chi connectivity index (χ4v) is 3.79. The number of carbonyl (C=O) groups excluding carboxylic acids is 1. The number of hydrogen-bond donors (Lipinski definition) is 1. The van der Waals surface area contributed by atoms with Gasteiger partial charge in [0.25, 0.3) is 10.2 Å². The summed E-state index contributed by atoms with van der Waals surface area (Å²) in [6.45, 7) is 3.08. The van der Waals surface area contributed by atoms with Gasteiger partial charge in [0.15, 0.2) is 0 Å². The van der Waals surface area contributed by atoms with Gasteiger partial charge in [0, 0.05) is 19.6 Å². The summed E-state index contributed by atoms with van der Waals surface area (Å²) in [4.78, 5) is 10.5. The highest BCUT2D eigenvalue weighted by Gasteiger charge is 2.28. The Balaban J connectivity index is 2.51. The fourth-order valence-electron chi connectivity index (χ4n) is 1.85. The maximum atomic E-state index is 12.0. The Morgan fingerprint density at radius 2 is 2.28 bits per heavy atom. The fraction of sp³-hybridized carbons (Fsp3) is 0.900. The molecule has 1 N–H and O–H groups in total. The molecule has 0 aromatic carbocycles. The average molecular weight is 343 g/mol. The molecule has 1 fully saturated rings. The molecule has 6 nitrogen and oxygen atoms in total. The lowest BCUT2D eigenvalue weighted by Crippen LogP contribution is -2.47. The highest BCUT2D eigenvalue weighted by molar-refractivity contribution is 9.10. The number of methoxy groups -OCH3 is 1. The van der Waals surface area contributed by atoms with Crippen molar-refractivity contribution in [2.45, 2.75) is 24.6 Å². The van der Waals surface area contributed by atoms with Gasteiger partial charge in [-0.15, -0.1) is 0 Å². The lowest BCUT2D eigenvalue weighted by atomic mass is 10.0. The van der Waals surface area contributed by atoms with Gasteiger partial charge in [0.2, 0.25) is 0 Å². The second-order valence-corrected chi connectivity index (χ2v) is 7.31. The van der Waals surface area contributed by atoms with Crippen LogP contribution in [0.15, 0.2) is 0 Å². The molecule has 0 saturated carbocycles. The molecule has 0 spiro atoms. The van der Waals surface area contributed by atoms with E-state index < -0.39 is 21.0 Å². The van der Waals surface area contributed by atoms with E-state index in [0.717, 1.165) is 12.8 Å². The van der Waals surface area contributed by atoms with Gasteiger partial charge in [-0.2, -0.15) is 12.7 Å². The zero-order valence-corrected chi connectivity index (χ0v) is 13.0. The Morgan fingerprint density at radius 1 is 1.61 bits per heavy atom. The Labute approximate surface area is 116 Å². The molecular formula is C10H19BrN2O4S. The average Bonchev–Trinajstić information content (AvgIpc) is 2.35. The maximum absolute atomic E-state index is 12.0. The second-order valence-electron chi connectivity index (χ2n) is 4.45. The number of carbonyl (C=O) groups is 1. The number of hydrogen-bond acceptors (Lipinski definition) is 4. The minimum absolute atomic E-state index is 0.0140. The van der Waals surface area contributed by atoms with Crippen LogP contribution in [0.3, 0.4) is 0 Å². The Morgan fingerprint density at radius 3 is 2.83 bits per heavy atom. The summed E-state index contributed by atoms with van der Waals surface area (Å²) in [5.74, 6) is -0.125. The van der Waals surface area contributed by atoms with E-state index in [4.69, 9.17) is 0 Å². The van der Waals surface area contributed by atoms with E-state index in [-0.39, 0.29) is 6.54 Å². The molecule has 8 heteroatoms. The summed E-state index contributed by atoms with van der Waals surface area (Å²) >= 11 is 3.07. The Kier molecular flexibility index (Phi) is 6.03. The number of nitrogens with zero attached hydrogens (tertiary/aromatic N) is 1. The van der Waals surface area contributed by atoms with Crippen molar-refractivity contribution >= 4 is 32.1 Å². The monoisotopic (exact) mass is 342 g/mol. The number of ether oxygens (including phenoxy) is 1. The van der Waals surface area contributed by atoms with Gasteiger partial charge >= 0.3 is 5.97 Å². The van der Waals surface area contributed by atoms with Crippen LogP contribution >= 0.6 is 15.9 Å². The minimum Gasteiger partial charge on any atom is -0.468 e. The van der Waals surface area contributed by atoms with Crippen LogP contribution in [0, 0.1) is 5.92 Å². The number of halogens is 1. The number of rotatable bonds is 5. The van der Waals surface area contributed by atoms with Crippen molar-refractivity contribution < 1.29 is 17.9 Å². The SMILES string of the molecule is COC(=O)C(Br)CNS(=O)(=O)N1CCCC(C)C1. The standard InChI is InChI=1S/C10H19BrN2O4S/c1-8-4-3-5-13(7-8)18(15,16)12-6-9(11)10(14)17-2/h8-9,12H,3-7H2,1-2H3. The van der Waals surface area contributed by atoms with E-state index >= 15 is 0 Å². The zero-order valence-electron chi connectivity index (χ0n) is 10.6. The highest BCUT2D eigenvalue weighted by Crippen LogP contribution is 2.17. The first kappa shape index (κ1) is 15.9. The lowest BCUT2D eigenvalue weighted by molar-refractivity contribution is -0.139. The van der Waals surface area contributed by atoms with Crippen LogP contribution in [0.2, 0.25) is 0 Å². The quantitative estimate of drug-likeness (QED) is 0.582. The molecular weight excluding hydrogens is 324 g/mol. The first-order chi connectivity index (χ1) is 8.36. The number of nitrogens with one attached hydrogen (secondary N) is 1. The molecule has 106 valence electrons. The molecule has 0 radical (unpaired) electrons. The van der Waals surface area contributed by atoms with E-state index in [1.165, 1.54) is 11.4 Å². The maximum Gasteiger partial charge on any atom is 0.320 e. The van der Waals surface area contributed by atoms with Crippen molar-refractivity contribution in [2.24, 2.45) is 5.92 Å². The van der Waals surface area contributed by atoms with E-state index in [1.807, 2.05) is 6.92 Å². The van der Waals surface area contributed by atoms with Crippen LogP contribution in [0.25, 0.3) is 0 Å². The molecule has 2 atom stereocenters. The van der Waals surface area contributed by atoms with Crippen LogP contribution in [-0.2, 0) is 19.7 Å². The molecule has 0 aromatic rings. The van der Waals surface area contributed by atoms with Crippen LogP contribution in [0.1, 0.15) is 19.8 Å². The molecule has 18 heavy (non-hydrogen) atoms. The molecule has 1 rings (SSSR count). The predicted octanol–water partition coefficient (Wildman–Crippen LogP) is 0.489. The number of piperidine rings is 1. The molecule has 1 aliphatic rings. The van der Waals surface area contributed by atoms with Crippen molar-refractivity contribution in [3.05, 3.63) is 0 Å². The topological polar surface area (TPSA) is 75.7 Å². The van der Waals surface area contributed by atoms with E-state index in [2.05, 4.69) is 25.4 Å². The van der Waals surface area contributed by atoms with E-state index in [1.54, 1.807) is 0 Å². The van der Waals surface area contributed by atoms with Gasteiger partial charge < -0.3 is 4.74 Å². The zero-order chi connectivity index (χ0) is 13.8. The van der Waals surface area contributed by atoms with Gasteiger partial charge in [0.05, 0.1) is 7.11 Å². The van der Waals surface area contributed by atoms with Crippen molar-refractivity contribution in [1.29, 1.82) is 0 Å². The summed E-state index contributed by atoms with van der Waals surface area (Å²) in [5.41, 5.74) is 0. The highest BCUT2D eigenvalue weighted by atomic mass is 79.9. The molecule has 2 unspecified atom stereocenters. The van der Waals surface area contributed by atoms with Gasteiger partial charge in [-0.3, -0.25) is 4.79 Å². The smallest absolute Gasteiger partial charge is 0.320 e. The number of esters is 1. The van der Waals surface area contributed by atoms with Gasteiger partial charge in [0.1, 0.15) is 4.83 Å². The molecule has 1 saturated heterocycles. The largest absolute Gasteiger partial charge is 0.468 e. The van der Waals surface area contributed by atoms with Crippen molar-refractivity contribution in [2.75, 3.05) is 26.7 Å². The Hall–Kier alpha value is -0.180. The third-order valence-electron chi connectivity index (χ3n) is 2.86. The summed E-state index contributed by atoms with van der Waals surface area (Å²) in [7, 11) is -2.25. The van der Waals surface area contributed by atoms with Crippen LogP contribution in [0.4, 0.5) is 0 Å². The first-order valence-electron chi connectivity index (χ1n) is 5.83. The van der Waals surface area contributed by atoms with Gasteiger partial charge in [-0.25, -0.2) is 4.72 Å². The molecule has 0 aromatic heterocycles. The van der Waals surface area contributed by atoms with Crippen molar-refractivity contribution in [1.82, 2.24) is 9.03 Å². The van der Waals surface area contributed by atoms with Crippen LogP contribution < -0.4 is 4.72 Å².